The van der Waals surface area contributed by atoms with E-state index in [0.29, 0.717) is 18.7 Å². The largest absolute Gasteiger partial charge is 0.338 e. The summed E-state index contributed by atoms with van der Waals surface area (Å²) in [6.45, 7) is 3.25. The van der Waals surface area contributed by atoms with Crippen molar-refractivity contribution in [2.75, 3.05) is 13.1 Å². The van der Waals surface area contributed by atoms with Gasteiger partial charge < -0.3 is 4.90 Å². The lowest BCUT2D eigenvalue weighted by Crippen LogP contribution is -2.33. The van der Waals surface area contributed by atoms with Crippen LogP contribution in [0.1, 0.15) is 22.8 Å². The van der Waals surface area contributed by atoms with Crippen molar-refractivity contribution in [2.45, 2.75) is 13.3 Å². The predicted octanol–water partition coefficient (Wildman–Crippen LogP) is 4.20. The minimum Gasteiger partial charge on any atom is -0.338 e. The molecule has 0 saturated heterocycles. The third kappa shape index (κ3) is 4.29. The highest BCUT2D eigenvalue weighted by Gasteiger charge is 2.18. The molecule has 0 saturated carbocycles. The molecule has 3 nitrogen and oxygen atoms in total. The van der Waals surface area contributed by atoms with Crippen LogP contribution in [0.4, 0.5) is 0 Å². The van der Waals surface area contributed by atoms with Crippen LogP contribution >= 0.6 is 27.5 Å². The minimum atomic E-state index is -0.0905. The maximum atomic E-state index is 12.6. The predicted molar refractivity (Wildman–Crippen MR) is 88.7 cm³/mol. The zero-order valence-corrected chi connectivity index (χ0v) is 14.1. The fraction of sp³-hybridized carbons (Fsp3) is 0.250. The highest BCUT2D eigenvalue weighted by molar-refractivity contribution is 9.10. The van der Waals surface area contributed by atoms with Crippen molar-refractivity contribution in [1.29, 1.82) is 0 Å². The Morgan fingerprint density at radius 3 is 2.71 bits per heavy atom. The van der Waals surface area contributed by atoms with Gasteiger partial charge in [-0.2, -0.15) is 0 Å². The maximum Gasteiger partial charge on any atom is 0.257 e. The first kappa shape index (κ1) is 16.0. The summed E-state index contributed by atoms with van der Waals surface area (Å²) in [6, 6.07) is 11.8. The summed E-state index contributed by atoms with van der Waals surface area (Å²) in [5, 5.41) is 0.237. The molecular weight excluding hydrogens is 352 g/mol. The van der Waals surface area contributed by atoms with Gasteiger partial charge in [0.15, 0.2) is 0 Å². The average Bonchev–Trinajstić information content (AvgIpc) is 2.51. The third-order valence-electron chi connectivity index (χ3n) is 3.22. The number of amides is 1. The molecule has 0 N–H and O–H groups in total. The molecule has 1 amide bonds. The second-order valence-corrected chi connectivity index (χ2v) is 5.89. The van der Waals surface area contributed by atoms with Gasteiger partial charge in [-0.05, 0) is 40.9 Å². The van der Waals surface area contributed by atoms with Gasteiger partial charge in [-0.15, -0.1) is 0 Å². The Kier molecular flexibility index (Phi) is 5.76. The number of hydrogen-bond acceptors (Lipinski definition) is 2. The van der Waals surface area contributed by atoms with Crippen LogP contribution in [0.25, 0.3) is 0 Å². The van der Waals surface area contributed by atoms with E-state index in [0.717, 1.165) is 10.9 Å². The summed E-state index contributed by atoms with van der Waals surface area (Å²) in [5.74, 6) is -0.0905. The second kappa shape index (κ2) is 7.57. The van der Waals surface area contributed by atoms with Gasteiger partial charge in [0, 0.05) is 23.8 Å². The van der Waals surface area contributed by atoms with E-state index in [1.54, 1.807) is 17.2 Å². The van der Waals surface area contributed by atoms with Crippen LogP contribution in [0.5, 0.6) is 0 Å². The number of hydrogen-bond donors (Lipinski definition) is 0. The van der Waals surface area contributed by atoms with Crippen LogP contribution in [0, 0.1) is 0 Å². The monoisotopic (exact) mass is 366 g/mol. The Morgan fingerprint density at radius 2 is 2.05 bits per heavy atom. The van der Waals surface area contributed by atoms with Gasteiger partial charge in [0.2, 0.25) is 0 Å². The van der Waals surface area contributed by atoms with Crippen molar-refractivity contribution >= 4 is 33.4 Å². The molecular formula is C16H16BrClN2O. The van der Waals surface area contributed by atoms with Crippen molar-refractivity contribution in [3.8, 4) is 0 Å². The van der Waals surface area contributed by atoms with Gasteiger partial charge in [-0.1, -0.05) is 41.9 Å². The topological polar surface area (TPSA) is 33.2 Å². The van der Waals surface area contributed by atoms with Crippen LogP contribution in [-0.4, -0.2) is 28.9 Å². The van der Waals surface area contributed by atoms with Gasteiger partial charge in [-0.25, -0.2) is 4.98 Å². The summed E-state index contributed by atoms with van der Waals surface area (Å²) in [5.41, 5.74) is 1.64. The fourth-order valence-corrected chi connectivity index (χ4v) is 2.57. The summed E-state index contributed by atoms with van der Waals surface area (Å²) in [7, 11) is 0. The van der Waals surface area contributed by atoms with Gasteiger partial charge in [0.05, 0.1) is 5.56 Å². The summed E-state index contributed by atoms with van der Waals surface area (Å²) in [6.07, 6.45) is 2.40. The first-order valence-electron chi connectivity index (χ1n) is 6.76. The highest BCUT2D eigenvalue weighted by atomic mass is 79.9. The molecule has 1 heterocycles. The summed E-state index contributed by atoms with van der Waals surface area (Å²) < 4.78 is 0.745. The minimum absolute atomic E-state index is 0.0905. The number of benzene rings is 1. The molecule has 110 valence electrons. The molecule has 0 bridgehead atoms. The molecule has 2 rings (SSSR count). The van der Waals surface area contributed by atoms with E-state index < -0.39 is 0 Å². The molecule has 0 atom stereocenters. The zero-order valence-electron chi connectivity index (χ0n) is 11.7. The second-order valence-electron chi connectivity index (χ2n) is 4.61. The van der Waals surface area contributed by atoms with E-state index in [2.05, 4.69) is 33.0 Å². The van der Waals surface area contributed by atoms with Crippen molar-refractivity contribution in [1.82, 2.24) is 9.88 Å². The van der Waals surface area contributed by atoms with E-state index in [1.807, 2.05) is 25.1 Å². The number of rotatable bonds is 5. The molecule has 0 aliphatic heterocycles. The van der Waals surface area contributed by atoms with E-state index in [4.69, 9.17) is 11.6 Å². The van der Waals surface area contributed by atoms with Gasteiger partial charge in [0.25, 0.3) is 5.91 Å². The van der Waals surface area contributed by atoms with Crippen LogP contribution in [0.2, 0.25) is 5.15 Å². The van der Waals surface area contributed by atoms with Gasteiger partial charge in [0.1, 0.15) is 5.15 Å². The lowest BCUT2D eigenvalue weighted by molar-refractivity contribution is 0.0766. The Morgan fingerprint density at radius 1 is 1.33 bits per heavy atom. The SMILES string of the molecule is CCN(CCc1ccccc1)C(=O)c1cc(Br)cnc1Cl. The van der Waals surface area contributed by atoms with Crippen LogP contribution in [-0.2, 0) is 6.42 Å². The molecule has 5 heteroatoms. The maximum absolute atomic E-state index is 12.6. The molecule has 0 spiro atoms. The van der Waals surface area contributed by atoms with Crippen LogP contribution < -0.4 is 0 Å². The Hall–Kier alpha value is -1.39. The third-order valence-corrected chi connectivity index (χ3v) is 3.95. The van der Waals surface area contributed by atoms with E-state index in [1.165, 1.54) is 5.56 Å². The lowest BCUT2D eigenvalue weighted by atomic mass is 10.1. The van der Waals surface area contributed by atoms with Crippen LogP contribution in [0.15, 0.2) is 47.1 Å². The molecule has 0 aliphatic rings. The number of aromatic nitrogens is 1. The normalized spacial score (nSPS) is 10.4. The molecule has 0 aliphatic carbocycles. The van der Waals surface area contributed by atoms with Crippen molar-refractivity contribution in [3.63, 3.8) is 0 Å². The Bertz CT molecular complexity index is 619. The number of halogens is 2. The van der Waals surface area contributed by atoms with E-state index >= 15 is 0 Å². The molecule has 0 radical (unpaired) electrons. The Balaban J connectivity index is 2.10. The fourth-order valence-electron chi connectivity index (χ4n) is 2.05. The molecule has 21 heavy (non-hydrogen) atoms. The first-order chi connectivity index (χ1) is 10.1. The standard InChI is InChI=1S/C16H16BrClN2O/c1-2-20(9-8-12-6-4-3-5-7-12)16(21)14-10-13(17)11-19-15(14)18/h3-7,10-11H,2,8-9H2,1H3. The van der Waals surface area contributed by atoms with E-state index in [9.17, 15) is 4.79 Å². The Labute approximate surface area is 138 Å². The van der Waals surface area contributed by atoms with Crippen molar-refractivity contribution in [2.24, 2.45) is 0 Å². The van der Waals surface area contributed by atoms with Gasteiger partial charge in [-0.3, -0.25) is 4.79 Å². The van der Waals surface area contributed by atoms with E-state index in [-0.39, 0.29) is 11.1 Å². The number of carbonyl (C=O) groups excluding carboxylic acids is 1. The summed E-state index contributed by atoms with van der Waals surface area (Å²) >= 11 is 9.35. The molecule has 1 aromatic heterocycles. The number of likely N-dealkylation sites (N-methyl/N-ethyl adjacent to an activating group) is 1. The lowest BCUT2D eigenvalue weighted by Gasteiger charge is -2.21. The van der Waals surface area contributed by atoms with Crippen molar-refractivity contribution < 1.29 is 4.79 Å². The van der Waals surface area contributed by atoms with Gasteiger partial charge >= 0.3 is 0 Å². The number of carbonyl (C=O) groups is 1. The quantitative estimate of drug-likeness (QED) is 0.742. The number of pyridine rings is 1. The summed E-state index contributed by atoms with van der Waals surface area (Å²) in [4.78, 5) is 18.3. The molecule has 2 aromatic rings. The first-order valence-corrected chi connectivity index (χ1v) is 7.93. The van der Waals surface area contributed by atoms with Crippen molar-refractivity contribution in [3.05, 3.63) is 63.3 Å². The zero-order chi connectivity index (χ0) is 15.2. The molecule has 0 fully saturated rings. The molecule has 1 aromatic carbocycles. The smallest absolute Gasteiger partial charge is 0.257 e. The highest BCUT2D eigenvalue weighted by Crippen LogP contribution is 2.20. The molecule has 0 unspecified atom stereocenters. The van der Waals surface area contributed by atoms with Crippen LogP contribution in [0.3, 0.4) is 0 Å². The average molecular weight is 368 g/mol. The number of nitrogens with zero attached hydrogens (tertiary/aromatic N) is 2.